The minimum absolute atomic E-state index is 0.0691. The van der Waals surface area contributed by atoms with Gasteiger partial charge in [-0.2, -0.15) is 0 Å². The summed E-state index contributed by atoms with van der Waals surface area (Å²) in [5.74, 6) is -0.863. The van der Waals surface area contributed by atoms with Crippen LogP contribution >= 0.6 is 0 Å². The van der Waals surface area contributed by atoms with Crippen molar-refractivity contribution < 1.29 is 28.6 Å². The Morgan fingerprint density at radius 3 is 0.903 bits per heavy atom. The van der Waals surface area contributed by atoms with E-state index < -0.39 is 6.10 Å². The lowest BCUT2D eigenvalue weighted by molar-refractivity contribution is -0.167. The van der Waals surface area contributed by atoms with E-state index in [9.17, 15) is 14.4 Å². The van der Waals surface area contributed by atoms with Gasteiger partial charge in [0.15, 0.2) is 6.10 Å². The van der Waals surface area contributed by atoms with Crippen LogP contribution in [0.5, 0.6) is 0 Å². The molecule has 364 valence electrons. The highest BCUT2D eigenvalue weighted by atomic mass is 16.6. The van der Waals surface area contributed by atoms with E-state index in [1.165, 1.54) is 186 Å². The molecule has 0 aromatic rings. The molecule has 0 spiro atoms. The summed E-state index contributed by atoms with van der Waals surface area (Å²) in [6.07, 6.45) is 58.8. The van der Waals surface area contributed by atoms with Gasteiger partial charge in [0.25, 0.3) is 0 Å². The van der Waals surface area contributed by atoms with E-state index in [1.807, 2.05) is 0 Å². The number of esters is 3. The Kier molecular flexibility index (Phi) is 49.8. The summed E-state index contributed by atoms with van der Waals surface area (Å²) in [7, 11) is 0. The molecule has 0 fully saturated rings. The van der Waals surface area contributed by atoms with Crippen LogP contribution in [0.2, 0.25) is 0 Å². The number of carbonyl (C=O) groups excluding carboxylic acids is 3. The molecule has 0 rings (SSSR count). The maximum atomic E-state index is 12.8. The average molecular weight is 873 g/mol. The quantitative estimate of drug-likeness (QED) is 0.0262. The lowest BCUT2D eigenvalue weighted by Crippen LogP contribution is -2.30. The minimum Gasteiger partial charge on any atom is -0.462 e. The molecule has 62 heavy (non-hydrogen) atoms. The zero-order valence-electron chi connectivity index (χ0n) is 41.7. The van der Waals surface area contributed by atoms with Gasteiger partial charge in [0.2, 0.25) is 0 Å². The molecule has 0 saturated carbocycles. The first-order valence-corrected chi connectivity index (χ1v) is 27.3. The highest BCUT2D eigenvalue weighted by Gasteiger charge is 2.19. The number of unbranched alkanes of at least 4 members (excludes halogenated alkanes) is 35. The van der Waals surface area contributed by atoms with Crippen molar-refractivity contribution in [3.05, 3.63) is 24.3 Å². The van der Waals surface area contributed by atoms with E-state index in [2.05, 4.69) is 45.1 Å². The van der Waals surface area contributed by atoms with E-state index in [-0.39, 0.29) is 31.1 Å². The highest BCUT2D eigenvalue weighted by molar-refractivity contribution is 5.71. The predicted molar refractivity (Wildman–Crippen MR) is 266 cm³/mol. The van der Waals surface area contributed by atoms with Gasteiger partial charge < -0.3 is 14.2 Å². The van der Waals surface area contributed by atoms with Crippen molar-refractivity contribution in [3.63, 3.8) is 0 Å². The van der Waals surface area contributed by atoms with Gasteiger partial charge in [0.05, 0.1) is 0 Å². The molecule has 0 saturated heterocycles. The lowest BCUT2D eigenvalue weighted by atomic mass is 10.0. The summed E-state index contributed by atoms with van der Waals surface area (Å²) in [5, 5.41) is 0. The third-order valence-corrected chi connectivity index (χ3v) is 12.2. The van der Waals surface area contributed by atoms with Crippen molar-refractivity contribution in [3.8, 4) is 0 Å². The SMILES string of the molecule is CCCCCC/C=C\C/C=C\CCCCCCCCCC(=O)OCC(COC(=O)CCCCCCCCCCC)OC(=O)CCCCCCCCCCCCCCCCCCC. The molecule has 0 aromatic heterocycles. The normalized spacial score (nSPS) is 12.1. The van der Waals surface area contributed by atoms with Crippen LogP contribution in [0.15, 0.2) is 24.3 Å². The van der Waals surface area contributed by atoms with Gasteiger partial charge in [0.1, 0.15) is 13.2 Å². The molecule has 1 unspecified atom stereocenters. The van der Waals surface area contributed by atoms with Crippen LogP contribution in [0.4, 0.5) is 0 Å². The van der Waals surface area contributed by atoms with E-state index in [0.717, 1.165) is 70.6 Å². The molecule has 0 N–H and O–H groups in total. The summed E-state index contributed by atoms with van der Waals surface area (Å²) in [4.78, 5) is 38.0. The standard InChI is InChI=1S/C56H104O6/c1-4-7-10-13-16-19-21-23-25-27-29-30-32-34-37-40-43-46-49-55(58)61-52-53(51-60-54(57)48-45-42-39-36-18-15-12-9-6-3)62-56(59)50-47-44-41-38-35-33-31-28-26-24-22-20-17-14-11-8-5-2/h19,21,25,27,53H,4-18,20,22-24,26,28-52H2,1-3H3/b21-19-,27-25-. The molecule has 0 radical (unpaired) electrons. The van der Waals surface area contributed by atoms with Crippen molar-refractivity contribution in [1.82, 2.24) is 0 Å². The number of rotatable bonds is 50. The Bertz CT molecular complexity index is 1000. The van der Waals surface area contributed by atoms with Crippen molar-refractivity contribution >= 4 is 17.9 Å². The fourth-order valence-electron chi connectivity index (χ4n) is 8.06. The monoisotopic (exact) mass is 873 g/mol. The summed E-state index contributed by atoms with van der Waals surface area (Å²) in [6.45, 7) is 6.63. The molecule has 0 heterocycles. The number of hydrogen-bond donors (Lipinski definition) is 0. The summed E-state index contributed by atoms with van der Waals surface area (Å²) >= 11 is 0. The van der Waals surface area contributed by atoms with E-state index in [0.29, 0.717) is 19.3 Å². The van der Waals surface area contributed by atoms with Crippen molar-refractivity contribution in [2.75, 3.05) is 13.2 Å². The van der Waals surface area contributed by atoms with Gasteiger partial charge in [-0.15, -0.1) is 0 Å². The summed E-state index contributed by atoms with van der Waals surface area (Å²) < 4.78 is 16.8. The van der Waals surface area contributed by atoms with Gasteiger partial charge in [-0.3, -0.25) is 14.4 Å². The summed E-state index contributed by atoms with van der Waals surface area (Å²) in [5.41, 5.74) is 0. The zero-order valence-corrected chi connectivity index (χ0v) is 41.7. The maximum absolute atomic E-state index is 12.8. The minimum atomic E-state index is -0.768. The molecule has 0 amide bonds. The largest absolute Gasteiger partial charge is 0.462 e. The molecule has 6 heteroatoms. The molecule has 0 bridgehead atoms. The van der Waals surface area contributed by atoms with Crippen molar-refractivity contribution in [2.45, 2.75) is 303 Å². The van der Waals surface area contributed by atoms with E-state index >= 15 is 0 Å². The van der Waals surface area contributed by atoms with E-state index in [4.69, 9.17) is 14.2 Å². The van der Waals surface area contributed by atoms with Gasteiger partial charge in [-0.05, 0) is 51.4 Å². The van der Waals surface area contributed by atoms with Gasteiger partial charge >= 0.3 is 17.9 Å². The van der Waals surface area contributed by atoms with Crippen LogP contribution in [-0.2, 0) is 28.6 Å². The average Bonchev–Trinajstić information content (AvgIpc) is 3.27. The fraction of sp³-hybridized carbons (Fsp3) is 0.875. The number of ether oxygens (including phenoxy) is 3. The maximum Gasteiger partial charge on any atom is 0.306 e. The smallest absolute Gasteiger partial charge is 0.306 e. The first-order valence-electron chi connectivity index (χ1n) is 27.3. The summed E-state index contributed by atoms with van der Waals surface area (Å²) in [6, 6.07) is 0. The van der Waals surface area contributed by atoms with Crippen LogP contribution in [0.3, 0.4) is 0 Å². The Morgan fingerprint density at radius 1 is 0.323 bits per heavy atom. The first-order chi connectivity index (χ1) is 30.5. The van der Waals surface area contributed by atoms with Crippen LogP contribution < -0.4 is 0 Å². The second-order valence-corrected chi connectivity index (χ2v) is 18.5. The molecule has 0 aliphatic carbocycles. The topological polar surface area (TPSA) is 78.9 Å². The molecular formula is C56H104O6. The van der Waals surface area contributed by atoms with Gasteiger partial charge in [-0.25, -0.2) is 0 Å². The second-order valence-electron chi connectivity index (χ2n) is 18.5. The first kappa shape index (κ1) is 59.9. The Morgan fingerprint density at radius 2 is 0.581 bits per heavy atom. The number of hydrogen-bond acceptors (Lipinski definition) is 6. The van der Waals surface area contributed by atoms with Gasteiger partial charge in [0, 0.05) is 19.3 Å². The Balaban J connectivity index is 4.27. The molecular weight excluding hydrogens is 769 g/mol. The van der Waals surface area contributed by atoms with Crippen LogP contribution in [0, 0.1) is 0 Å². The third-order valence-electron chi connectivity index (χ3n) is 12.2. The van der Waals surface area contributed by atoms with Crippen LogP contribution in [0.25, 0.3) is 0 Å². The van der Waals surface area contributed by atoms with Crippen molar-refractivity contribution in [2.24, 2.45) is 0 Å². The predicted octanol–water partition coefficient (Wildman–Crippen LogP) is 17.9. The Hall–Kier alpha value is -2.11. The molecule has 0 aliphatic rings. The lowest BCUT2D eigenvalue weighted by Gasteiger charge is -2.18. The van der Waals surface area contributed by atoms with Crippen LogP contribution in [0.1, 0.15) is 297 Å². The second kappa shape index (κ2) is 51.5. The molecule has 0 aromatic carbocycles. The molecule has 6 nitrogen and oxygen atoms in total. The number of allylic oxidation sites excluding steroid dienone is 4. The third kappa shape index (κ3) is 48.9. The highest BCUT2D eigenvalue weighted by Crippen LogP contribution is 2.16. The van der Waals surface area contributed by atoms with Crippen molar-refractivity contribution in [1.29, 1.82) is 0 Å². The zero-order chi connectivity index (χ0) is 45.1. The van der Waals surface area contributed by atoms with Crippen LogP contribution in [-0.4, -0.2) is 37.2 Å². The number of carbonyl (C=O) groups is 3. The van der Waals surface area contributed by atoms with Gasteiger partial charge in [-0.1, -0.05) is 251 Å². The Labute approximate surface area is 385 Å². The fourth-order valence-corrected chi connectivity index (χ4v) is 8.06. The molecule has 1 atom stereocenters. The van der Waals surface area contributed by atoms with E-state index in [1.54, 1.807) is 0 Å². The molecule has 0 aliphatic heterocycles.